The van der Waals surface area contributed by atoms with Crippen molar-refractivity contribution in [3.63, 3.8) is 0 Å². The average Bonchev–Trinajstić information content (AvgIpc) is 2.70. The Labute approximate surface area is 185 Å². The van der Waals surface area contributed by atoms with Gasteiger partial charge in [-0.15, -0.1) is 0 Å². The monoisotopic (exact) mass is 442 g/mol. The molecule has 0 bridgehead atoms. The Hall–Kier alpha value is -1.91. The first-order valence-electron chi connectivity index (χ1n) is 10.5. The molecule has 1 rings (SSSR count). The van der Waals surface area contributed by atoms with Crippen molar-refractivity contribution in [3.8, 4) is 0 Å². The van der Waals surface area contributed by atoms with Gasteiger partial charge in [0.25, 0.3) is 0 Å². The first kappa shape index (κ1) is 27.1. The number of nitrogens with one attached hydrogen (secondary N) is 2. The van der Waals surface area contributed by atoms with E-state index in [1.807, 2.05) is 45.0 Å². The van der Waals surface area contributed by atoms with Crippen LogP contribution in [0.5, 0.6) is 0 Å². The van der Waals surface area contributed by atoms with E-state index >= 15 is 0 Å². The predicted octanol–water partition coefficient (Wildman–Crippen LogP) is 3.16. The SMILES string of the molecule is COCCOCCOCCOCCOCCNc1ccccc1NC(=O)OC(C)(C)C. The van der Waals surface area contributed by atoms with Crippen LogP contribution >= 0.6 is 0 Å². The summed E-state index contributed by atoms with van der Waals surface area (Å²) in [6, 6.07) is 7.45. The van der Waals surface area contributed by atoms with Gasteiger partial charge in [0.15, 0.2) is 0 Å². The minimum Gasteiger partial charge on any atom is -0.444 e. The summed E-state index contributed by atoms with van der Waals surface area (Å²) in [6.45, 7) is 10.9. The number of rotatable bonds is 17. The van der Waals surface area contributed by atoms with Crippen molar-refractivity contribution in [2.45, 2.75) is 26.4 Å². The number of carbonyl (C=O) groups is 1. The van der Waals surface area contributed by atoms with Crippen LogP contribution < -0.4 is 10.6 Å². The predicted molar refractivity (Wildman–Crippen MR) is 120 cm³/mol. The van der Waals surface area contributed by atoms with E-state index < -0.39 is 11.7 Å². The number of carbonyl (C=O) groups excluding carboxylic acids is 1. The maximum Gasteiger partial charge on any atom is 0.412 e. The minimum absolute atomic E-state index is 0.488. The second-order valence-corrected chi connectivity index (χ2v) is 7.54. The standard InChI is InChI=1S/C22H38N2O7/c1-22(2,3)31-21(25)24-20-8-6-5-7-19(20)23-9-10-27-13-14-29-17-18-30-16-15-28-12-11-26-4/h5-8,23H,9-18H2,1-4H3,(H,24,25). The molecule has 0 fully saturated rings. The molecule has 0 heterocycles. The molecule has 178 valence electrons. The van der Waals surface area contributed by atoms with Gasteiger partial charge in [-0.05, 0) is 32.9 Å². The Bertz CT molecular complexity index is 593. The van der Waals surface area contributed by atoms with Crippen molar-refractivity contribution < 1.29 is 33.2 Å². The number of ether oxygens (including phenoxy) is 6. The fourth-order valence-electron chi connectivity index (χ4n) is 2.32. The molecule has 0 saturated carbocycles. The van der Waals surface area contributed by atoms with E-state index in [-0.39, 0.29) is 0 Å². The fourth-order valence-corrected chi connectivity index (χ4v) is 2.32. The number of hydrogen-bond donors (Lipinski definition) is 2. The number of amides is 1. The molecule has 0 aliphatic carbocycles. The lowest BCUT2D eigenvalue weighted by atomic mass is 10.2. The lowest BCUT2D eigenvalue weighted by molar-refractivity contribution is -0.00700. The number of para-hydroxylation sites is 2. The van der Waals surface area contributed by atoms with Gasteiger partial charge in [-0.25, -0.2) is 4.79 Å². The summed E-state index contributed by atoms with van der Waals surface area (Å²) in [5.41, 5.74) is 0.910. The Morgan fingerprint density at radius 1 is 0.774 bits per heavy atom. The van der Waals surface area contributed by atoms with Crippen molar-refractivity contribution in [2.24, 2.45) is 0 Å². The van der Waals surface area contributed by atoms with Crippen LogP contribution in [0.15, 0.2) is 24.3 Å². The summed E-state index contributed by atoms with van der Waals surface area (Å²) >= 11 is 0. The van der Waals surface area contributed by atoms with Gasteiger partial charge in [-0.3, -0.25) is 5.32 Å². The molecule has 9 nitrogen and oxygen atoms in total. The van der Waals surface area contributed by atoms with Gasteiger partial charge in [0.1, 0.15) is 5.60 Å². The quantitative estimate of drug-likeness (QED) is 0.355. The highest BCUT2D eigenvalue weighted by Crippen LogP contribution is 2.21. The van der Waals surface area contributed by atoms with Gasteiger partial charge >= 0.3 is 6.09 Å². The molecule has 0 saturated heterocycles. The lowest BCUT2D eigenvalue weighted by Gasteiger charge is -2.20. The summed E-state index contributed by atoms with van der Waals surface area (Å²) in [4.78, 5) is 12.0. The molecule has 0 aliphatic rings. The Kier molecular flexibility index (Phi) is 14.6. The van der Waals surface area contributed by atoms with Crippen LogP contribution in [-0.2, 0) is 28.4 Å². The Morgan fingerprint density at radius 3 is 1.77 bits per heavy atom. The largest absolute Gasteiger partial charge is 0.444 e. The van der Waals surface area contributed by atoms with Gasteiger partial charge in [-0.1, -0.05) is 12.1 Å². The second kappa shape index (κ2) is 16.7. The summed E-state index contributed by atoms with van der Waals surface area (Å²) in [5, 5.41) is 6.01. The van der Waals surface area contributed by atoms with Crippen molar-refractivity contribution in [1.82, 2.24) is 0 Å². The average molecular weight is 443 g/mol. The highest BCUT2D eigenvalue weighted by molar-refractivity contribution is 5.89. The Morgan fingerprint density at radius 2 is 1.26 bits per heavy atom. The van der Waals surface area contributed by atoms with Crippen LogP contribution in [-0.4, -0.2) is 84.8 Å². The summed E-state index contributed by atoms with van der Waals surface area (Å²) < 4.78 is 31.9. The molecule has 1 aromatic carbocycles. The molecule has 2 N–H and O–H groups in total. The van der Waals surface area contributed by atoms with E-state index in [0.717, 1.165) is 5.69 Å². The molecule has 0 aliphatic heterocycles. The van der Waals surface area contributed by atoms with Gasteiger partial charge in [0.05, 0.1) is 70.8 Å². The van der Waals surface area contributed by atoms with Crippen LogP contribution in [0.2, 0.25) is 0 Å². The molecule has 0 radical (unpaired) electrons. The molecule has 0 spiro atoms. The third-order valence-corrected chi connectivity index (χ3v) is 3.67. The third kappa shape index (κ3) is 15.5. The maximum absolute atomic E-state index is 12.0. The molecule has 1 aromatic rings. The number of methoxy groups -OCH3 is 1. The molecular formula is C22H38N2O7. The molecule has 0 unspecified atom stereocenters. The highest BCUT2D eigenvalue weighted by atomic mass is 16.6. The van der Waals surface area contributed by atoms with Crippen molar-refractivity contribution in [2.75, 3.05) is 83.8 Å². The molecular weight excluding hydrogens is 404 g/mol. The van der Waals surface area contributed by atoms with Crippen molar-refractivity contribution in [1.29, 1.82) is 0 Å². The van der Waals surface area contributed by atoms with E-state index in [9.17, 15) is 4.79 Å². The molecule has 0 aromatic heterocycles. The van der Waals surface area contributed by atoms with Crippen molar-refractivity contribution >= 4 is 17.5 Å². The minimum atomic E-state index is -0.549. The molecule has 9 heteroatoms. The van der Waals surface area contributed by atoms with E-state index in [2.05, 4.69) is 10.6 Å². The topological polar surface area (TPSA) is 96.5 Å². The number of benzene rings is 1. The van der Waals surface area contributed by atoms with E-state index in [4.69, 9.17) is 28.4 Å². The molecule has 31 heavy (non-hydrogen) atoms. The third-order valence-electron chi connectivity index (χ3n) is 3.67. The van der Waals surface area contributed by atoms with E-state index in [0.29, 0.717) is 71.7 Å². The fraction of sp³-hybridized carbons (Fsp3) is 0.682. The van der Waals surface area contributed by atoms with Crippen LogP contribution in [0.4, 0.5) is 16.2 Å². The summed E-state index contributed by atoms with van der Waals surface area (Å²) in [5.74, 6) is 0. The smallest absolute Gasteiger partial charge is 0.412 e. The molecule has 1 amide bonds. The zero-order valence-electron chi connectivity index (χ0n) is 19.2. The normalized spacial score (nSPS) is 11.4. The van der Waals surface area contributed by atoms with Crippen molar-refractivity contribution in [3.05, 3.63) is 24.3 Å². The highest BCUT2D eigenvalue weighted by Gasteiger charge is 2.17. The summed E-state index contributed by atoms with van der Waals surface area (Å²) in [6.07, 6.45) is -0.488. The van der Waals surface area contributed by atoms with Gasteiger partial charge in [0, 0.05) is 13.7 Å². The molecule has 0 atom stereocenters. The zero-order valence-corrected chi connectivity index (χ0v) is 19.2. The van der Waals surface area contributed by atoms with Gasteiger partial charge < -0.3 is 33.7 Å². The van der Waals surface area contributed by atoms with E-state index in [1.54, 1.807) is 7.11 Å². The van der Waals surface area contributed by atoms with Crippen LogP contribution in [0, 0.1) is 0 Å². The Balaban J connectivity index is 2.04. The van der Waals surface area contributed by atoms with Crippen LogP contribution in [0.3, 0.4) is 0 Å². The first-order valence-corrected chi connectivity index (χ1v) is 10.5. The second-order valence-electron chi connectivity index (χ2n) is 7.54. The first-order chi connectivity index (χ1) is 14.9. The number of anilines is 2. The van der Waals surface area contributed by atoms with Crippen LogP contribution in [0.25, 0.3) is 0 Å². The number of hydrogen-bond acceptors (Lipinski definition) is 8. The van der Waals surface area contributed by atoms with Gasteiger partial charge in [-0.2, -0.15) is 0 Å². The maximum atomic E-state index is 12.0. The zero-order chi connectivity index (χ0) is 22.8. The van der Waals surface area contributed by atoms with Gasteiger partial charge in [0.2, 0.25) is 0 Å². The summed E-state index contributed by atoms with van der Waals surface area (Å²) in [7, 11) is 1.64. The van der Waals surface area contributed by atoms with Crippen LogP contribution in [0.1, 0.15) is 20.8 Å². The van der Waals surface area contributed by atoms with E-state index in [1.165, 1.54) is 0 Å². The lowest BCUT2D eigenvalue weighted by Crippen LogP contribution is -2.27.